The lowest BCUT2D eigenvalue weighted by Crippen LogP contribution is -2.17. The number of nitrogens with zero attached hydrogens (tertiary/aromatic N) is 1. The third kappa shape index (κ3) is 5.34. The smallest absolute Gasteiger partial charge is 0.416 e. The molecule has 154 valence electrons. The molecule has 9 heteroatoms. The van der Waals surface area contributed by atoms with Gasteiger partial charge in [-0.25, -0.2) is 5.43 Å². The molecule has 6 nitrogen and oxygen atoms in total. The highest BCUT2D eigenvalue weighted by atomic mass is 19.4. The summed E-state index contributed by atoms with van der Waals surface area (Å²) in [4.78, 5) is 23.1. The standard InChI is InChI=1S/C21H16F3N3O3/c1-13(28)26-17-7-5-14(6-8-17)20(29)27-25-12-18-9-10-19(30-18)15-3-2-4-16(11-15)21(22,23)24/h2-12H,1H3,(H,26,28)(H,27,29)/b25-12-. The number of carbonyl (C=O) groups excluding carboxylic acids is 2. The monoisotopic (exact) mass is 415 g/mol. The lowest BCUT2D eigenvalue weighted by atomic mass is 10.1. The molecule has 2 amide bonds. The summed E-state index contributed by atoms with van der Waals surface area (Å²) in [5.41, 5.74) is 2.70. The van der Waals surface area contributed by atoms with Crippen LogP contribution in [0.1, 0.15) is 28.6 Å². The van der Waals surface area contributed by atoms with Crippen LogP contribution >= 0.6 is 0 Å². The second kappa shape index (κ2) is 8.64. The van der Waals surface area contributed by atoms with Crippen molar-refractivity contribution in [2.75, 3.05) is 5.32 Å². The van der Waals surface area contributed by atoms with E-state index in [1.165, 1.54) is 49.5 Å². The predicted octanol–water partition coefficient (Wildman–Crippen LogP) is 4.69. The van der Waals surface area contributed by atoms with Crippen LogP contribution in [0.15, 0.2) is 70.2 Å². The first-order valence-corrected chi connectivity index (χ1v) is 8.71. The van der Waals surface area contributed by atoms with Crippen molar-refractivity contribution in [3.8, 4) is 11.3 Å². The zero-order valence-electron chi connectivity index (χ0n) is 15.7. The average Bonchev–Trinajstić information content (AvgIpc) is 3.16. The number of hydrogen-bond donors (Lipinski definition) is 2. The number of alkyl halides is 3. The molecule has 3 aromatic rings. The largest absolute Gasteiger partial charge is 0.455 e. The second-order valence-electron chi connectivity index (χ2n) is 6.24. The van der Waals surface area contributed by atoms with Gasteiger partial charge in [0.2, 0.25) is 5.91 Å². The Morgan fingerprint density at radius 3 is 2.43 bits per heavy atom. The van der Waals surface area contributed by atoms with Gasteiger partial charge in [-0.1, -0.05) is 12.1 Å². The van der Waals surface area contributed by atoms with Crippen LogP contribution in [0.3, 0.4) is 0 Å². The zero-order valence-corrected chi connectivity index (χ0v) is 15.7. The van der Waals surface area contributed by atoms with Crippen molar-refractivity contribution in [2.24, 2.45) is 5.10 Å². The summed E-state index contributed by atoms with van der Waals surface area (Å²) >= 11 is 0. The number of anilines is 1. The molecule has 0 aliphatic heterocycles. The molecule has 0 spiro atoms. The third-order valence-electron chi connectivity index (χ3n) is 3.93. The first-order valence-electron chi connectivity index (χ1n) is 8.71. The summed E-state index contributed by atoms with van der Waals surface area (Å²) in [7, 11) is 0. The SMILES string of the molecule is CC(=O)Nc1ccc(C(=O)N/N=C\c2ccc(-c3cccc(C(F)(F)F)c3)o2)cc1. The minimum Gasteiger partial charge on any atom is -0.455 e. The van der Waals surface area contributed by atoms with Crippen LogP contribution in [0.2, 0.25) is 0 Å². The Morgan fingerprint density at radius 1 is 1.03 bits per heavy atom. The summed E-state index contributed by atoms with van der Waals surface area (Å²) in [6.07, 6.45) is -3.21. The van der Waals surface area contributed by atoms with Crippen molar-refractivity contribution in [3.63, 3.8) is 0 Å². The number of halogens is 3. The minimum atomic E-state index is -4.45. The summed E-state index contributed by atoms with van der Waals surface area (Å²) < 4.78 is 44.0. The first-order chi connectivity index (χ1) is 14.2. The number of benzene rings is 2. The molecule has 0 atom stereocenters. The van der Waals surface area contributed by atoms with E-state index in [2.05, 4.69) is 15.8 Å². The van der Waals surface area contributed by atoms with Crippen molar-refractivity contribution >= 4 is 23.7 Å². The van der Waals surface area contributed by atoms with Crippen molar-refractivity contribution in [1.29, 1.82) is 0 Å². The number of amides is 2. The van der Waals surface area contributed by atoms with E-state index in [0.717, 1.165) is 12.1 Å². The molecule has 0 bridgehead atoms. The van der Waals surface area contributed by atoms with Crippen LogP contribution in [0, 0.1) is 0 Å². The summed E-state index contributed by atoms with van der Waals surface area (Å²) in [5.74, 6) is -0.212. The van der Waals surface area contributed by atoms with Gasteiger partial charge >= 0.3 is 6.18 Å². The van der Waals surface area contributed by atoms with Crippen LogP contribution in [0.4, 0.5) is 18.9 Å². The summed E-state index contributed by atoms with van der Waals surface area (Å²) in [6.45, 7) is 1.38. The van der Waals surface area contributed by atoms with Crippen molar-refractivity contribution < 1.29 is 27.2 Å². The van der Waals surface area contributed by atoms with Crippen LogP contribution in [0.5, 0.6) is 0 Å². The van der Waals surface area contributed by atoms with Gasteiger partial charge < -0.3 is 9.73 Å². The molecular formula is C21H16F3N3O3. The molecule has 0 radical (unpaired) electrons. The molecule has 2 N–H and O–H groups in total. The first kappa shape index (κ1) is 20.8. The lowest BCUT2D eigenvalue weighted by Gasteiger charge is -2.07. The normalized spacial score (nSPS) is 11.5. The molecule has 2 aromatic carbocycles. The molecule has 3 rings (SSSR count). The van der Waals surface area contributed by atoms with E-state index >= 15 is 0 Å². The highest BCUT2D eigenvalue weighted by molar-refractivity contribution is 5.96. The van der Waals surface area contributed by atoms with E-state index in [1.807, 2.05) is 0 Å². The van der Waals surface area contributed by atoms with Crippen LogP contribution in [-0.4, -0.2) is 18.0 Å². The van der Waals surface area contributed by atoms with Gasteiger partial charge in [0, 0.05) is 23.7 Å². The molecule has 0 aliphatic rings. The van der Waals surface area contributed by atoms with E-state index in [4.69, 9.17) is 4.42 Å². The third-order valence-corrected chi connectivity index (χ3v) is 3.93. The second-order valence-corrected chi connectivity index (χ2v) is 6.24. The van der Waals surface area contributed by atoms with Crippen molar-refractivity contribution in [3.05, 3.63) is 77.6 Å². The quantitative estimate of drug-likeness (QED) is 0.469. The Hall–Kier alpha value is -3.88. The lowest BCUT2D eigenvalue weighted by molar-refractivity contribution is -0.137. The van der Waals surface area contributed by atoms with Crippen LogP contribution < -0.4 is 10.7 Å². The molecule has 1 aromatic heterocycles. The Balaban J connectivity index is 1.63. The Morgan fingerprint density at radius 2 is 1.77 bits per heavy atom. The number of furan rings is 1. The van der Waals surface area contributed by atoms with Gasteiger partial charge in [-0.3, -0.25) is 9.59 Å². The molecule has 0 saturated heterocycles. The van der Waals surface area contributed by atoms with Gasteiger partial charge in [0.15, 0.2) is 0 Å². The topological polar surface area (TPSA) is 83.7 Å². The molecule has 1 heterocycles. The predicted molar refractivity (Wildman–Crippen MR) is 105 cm³/mol. The highest BCUT2D eigenvalue weighted by Gasteiger charge is 2.30. The van der Waals surface area contributed by atoms with E-state index in [-0.39, 0.29) is 23.0 Å². The van der Waals surface area contributed by atoms with Gasteiger partial charge in [0.05, 0.1) is 11.8 Å². The highest BCUT2D eigenvalue weighted by Crippen LogP contribution is 2.32. The fourth-order valence-corrected chi connectivity index (χ4v) is 2.55. The average molecular weight is 415 g/mol. The Bertz CT molecular complexity index is 1090. The fourth-order valence-electron chi connectivity index (χ4n) is 2.55. The van der Waals surface area contributed by atoms with E-state index < -0.39 is 17.6 Å². The van der Waals surface area contributed by atoms with E-state index in [9.17, 15) is 22.8 Å². The van der Waals surface area contributed by atoms with Gasteiger partial charge in [-0.05, 0) is 48.5 Å². The molecule has 0 aliphatic carbocycles. The minimum absolute atomic E-state index is 0.222. The maximum Gasteiger partial charge on any atom is 0.416 e. The Labute approximate surface area is 169 Å². The van der Waals surface area contributed by atoms with Gasteiger partial charge in [-0.2, -0.15) is 18.3 Å². The molecular weight excluding hydrogens is 399 g/mol. The molecule has 30 heavy (non-hydrogen) atoms. The number of hydrogen-bond acceptors (Lipinski definition) is 4. The van der Waals surface area contributed by atoms with Crippen LogP contribution in [0.25, 0.3) is 11.3 Å². The number of hydrazone groups is 1. The number of rotatable bonds is 5. The van der Waals surface area contributed by atoms with E-state index in [0.29, 0.717) is 11.3 Å². The van der Waals surface area contributed by atoms with Gasteiger partial charge in [-0.15, -0.1) is 0 Å². The number of nitrogens with one attached hydrogen (secondary N) is 2. The maximum absolute atomic E-state index is 12.8. The Kier molecular flexibility index (Phi) is 6.01. The van der Waals surface area contributed by atoms with Crippen molar-refractivity contribution in [2.45, 2.75) is 13.1 Å². The van der Waals surface area contributed by atoms with Crippen LogP contribution in [-0.2, 0) is 11.0 Å². The summed E-state index contributed by atoms with van der Waals surface area (Å²) in [5, 5.41) is 6.37. The molecule has 0 unspecified atom stereocenters. The van der Waals surface area contributed by atoms with Gasteiger partial charge in [0.25, 0.3) is 5.91 Å². The maximum atomic E-state index is 12.8. The van der Waals surface area contributed by atoms with Gasteiger partial charge in [0.1, 0.15) is 11.5 Å². The molecule has 0 fully saturated rings. The summed E-state index contributed by atoms with van der Waals surface area (Å²) in [6, 6.07) is 14.0. The van der Waals surface area contributed by atoms with E-state index in [1.54, 1.807) is 12.1 Å². The fraction of sp³-hybridized carbons (Fsp3) is 0.0952. The molecule has 0 saturated carbocycles. The zero-order chi connectivity index (χ0) is 21.7. The van der Waals surface area contributed by atoms with Crippen molar-refractivity contribution in [1.82, 2.24) is 5.43 Å². The number of carbonyl (C=O) groups is 2.